The van der Waals surface area contributed by atoms with E-state index >= 15 is 0 Å². The second kappa shape index (κ2) is 9.90. The molecule has 0 unspecified atom stereocenters. The van der Waals surface area contributed by atoms with Gasteiger partial charge in [0.2, 0.25) is 11.8 Å². The summed E-state index contributed by atoms with van der Waals surface area (Å²) in [6, 6.07) is 5.88. The highest BCUT2D eigenvalue weighted by Gasteiger charge is 2.42. The van der Waals surface area contributed by atoms with E-state index in [1.807, 2.05) is 32.9 Å². The van der Waals surface area contributed by atoms with Crippen LogP contribution in [0, 0.1) is 5.41 Å². The predicted molar refractivity (Wildman–Crippen MR) is 121 cm³/mol. The highest BCUT2D eigenvalue weighted by Crippen LogP contribution is 2.26. The van der Waals surface area contributed by atoms with Crippen LogP contribution in [0.25, 0.3) is 0 Å². The third kappa shape index (κ3) is 7.42. The number of carbonyl (C=O) groups is 3. The number of hydrogen-bond donors (Lipinski definition) is 2. The molecule has 1 aromatic carbocycles. The van der Waals surface area contributed by atoms with E-state index in [4.69, 9.17) is 16.3 Å². The lowest BCUT2D eigenvalue weighted by Crippen LogP contribution is -2.58. The summed E-state index contributed by atoms with van der Waals surface area (Å²) in [6.45, 7) is 11.7. The molecule has 2 N–H and O–H groups in total. The monoisotopic (exact) mass is 451 g/mol. The Hall–Kier alpha value is -2.28. The number of amides is 3. The Balaban J connectivity index is 2.08. The third-order valence-electron chi connectivity index (χ3n) is 4.97. The number of rotatable bonds is 5. The first-order valence-corrected chi connectivity index (χ1v) is 11.0. The van der Waals surface area contributed by atoms with Crippen LogP contribution in [0.4, 0.5) is 4.79 Å². The van der Waals surface area contributed by atoms with E-state index in [1.165, 1.54) is 0 Å². The average Bonchev–Trinajstić information content (AvgIpc) is 3.11. The molecule has 1 fully saturated rings. The molecular weight excluding hydrogens is 418 g/mol. The number of ether oxygens (including phenoxy) is 1. The molecule has 1 saturated heterocycles. The standard InChI is InChI=1S/C23H34ClN3O4/c1-22(2,3)18(26-21(30)31-23(4,5)6)20(29)27-12-8-11-17(27)19(28)25-14-15-9-7-10-16(24)13-15/h7,9-10,13,17-18H,8,11-12,14H2,1-6H3,(H,25,28)(H,26,30)/t17-,18-/m0/s1. The molecule has 7 nitrogen and oxygen atoms in total. The molecular formula is C23H34ClN3O4. The zero-order chi connectivity index (χ0) is 23.4. The second-order valence-corrected chi connectivity index (χ2v) is 10.4. The van der Waals surface area contributed by atoms with Gasteiger partial charge in [-0.05, 0) is 56.7 Å². The molecule has 0 bridgehead atoms. The number of hydrogen-bond acceptors (Lipinski definition) is 4. The van der Waals surface area contributed by atoms with Crippen molar-refractivity contribution < 1.29 is 19.1 Å². The van der Waals surface area contributed by atoms with Gasteiger partial charge >= 0.3 is 6.09 Å². The smallest absolute Gasteiger partial charge is 0.408 e. The average molecular weight is 452 g/mol. The SMILES string of the molecule is CC(C)(C)OC(=O)N[C@@H](C(=O)N1CCC[C@H]1C(=O)NCc1cccc(Cl)c1)C(C)(C)C. The predicted octanol–water partition coefficient (Wildman–Crippen LogP) is 3.89. The lowest BCUT2D eigenvalue weighted by molar-refractivity contribution is -0.142. The van der Waals surface area contributed by atoms with Crippen molar-refractivity contribution in [3.05, 3.63) is 34.9 Å². The van der Waals surface area contributed by atoms with Crippen LogP contribution < -0.4 is 10.6 Å². The van der Waals surface area contributed by atoms with Crippen LogP contribution in [0.3, 0.4) is 0 Å². The van der Waals surface area contributed by atoms with E-state index in [2.05, 4.69) is 10.6 Å². The first-order chi connectivity index (χ1) is 14.3. The number of nitrogens with zero attached hydrogens (tertiary/aromatic N) is 1. The second-order valence-electron chi connectivity index (χ2n) is 9.98. The molecule has 0 radical (unpaired) electrons. The van der Waals surface area contributed by atoms with Crippen LogP contribution in [-0.4, -0.2) is 47.0 Å². The van der Waals surface area contributed by atoms with Crippen LogP contribution in [0.5, 0.6) is 0 Å². The van der Waals surface area contributed by atoms with Crippen molar-refractivity contribution >= 4 is 29.5 Å². The van der Waals surface area contributed by atoms with Gasteiger partial charge in [-0.1, -0.05) is 44.5 Å². The quantitative estimate of drug-likeness (QED) is 0.710. The molecule has 0 saturated carbocycles. The minimum absolute atomic E-state index is 0.212. The van der Waals surface area contributed by atoms with Crippen LogP contribution in [0.2, 0.25) is 5.02 Å². The molecule has 1 aliphatic heterocycles. The summed E-state index contributed by atoms with van der Waals surface area (Å²) in [5, 5.41) is 6.22. The number of halogens is 1. The molecule has 8 heteroatoms. The van der Waals surface area contributed by atoms with Crippen LogP contribution in [0.15, 0.2) is 24.3 Å². The molecule has 2 atom stereocenters. The Bertz CT molecular complexity index is 814. The van der Waals surface area contributed by atoms with Crippen LogP contribution in [0.1, 0.15) is 59.9 Å². The fraction of sp³-hybridized carbons (Fsp3) is 0.609. The molecule has 1 aliphatic rings. The molecule has 0 aliphatic carbocycles. The van der Waals surface area contributed by atoms with E-state index < -0.39 is 29.2 Å². The van der Waals surface area contributed by atoms with Crippen molar-refractivity contribution in [1.82, 2.24) is 15.5 Å². The molecule has 0 spiro atoms. The maximum absolute atomic E-state index is 13.4. The van der Waals surface area contributed by atoms with Gasteiger partial charge in [0.05, 0.1) is 0 Å². The highest BCUT2D eigenvalue weighted by molar-refractivity contribution is 6.30. The van der Waals surface area contributed by atoms with Crippen molar-refractivity contribution in [1.29, 1.82) is 0 Å². The molecule has 0 aromatic heterocycles. The first-order valence-electron chi connectivity index (χ1n) is 10.6. The zero-order valence-electron chi connectivity index (χ0n) is 19.3. The Morgan fingerprint density at radius 1 is 1.19 bits per heavy atom. The molecule has 2 rings (SSSR count). The topological polar surface area (TPSA) is 87.7 Å². The Morgan fingerprint density at radius 3 is 2.45 bits per heavy atom. The largest absolute Gasteiger partial charge is 0.444 e. The number of carbonyl (C=O) groups excluding carboxylic acids is 3. The van der Waals surface area contributed by atoms with Gasteiger partial charge in [-0.15, -0.1) is 0 Å². The summed E-state index contributed by atoms with van der Waals surface area (Å²) < 4.78 is 5.34. The number of likely N-dealkylation sites (tertiary alicyclic amines) is 1. The minimum Gasteiger partial charge on any atom is -0.444 e. The van der Waals surface area contributed by atoms with E-state index in [1.54, 1.807) is 37.8 Å². The van der Waals surface area contributed by atoms with Gasteiger partial charge in [-0.25, -0.2) is 4.79 Å². The lowest BCUT2D eigenvalue weighted by Gasteiger charge is -2.35. The maximum Gasteiger partial charge on any atom is 0.408 e. The molecule has 31 heavy (non-hydrogen) atoms. The Kier molecular flexibility index (Phi) is 7.98. The molecule has 1 heterocycles. The van der Waals surface area contributed by atoms with Crippen LogP contribution >= 0.6 is 11.6 Å². The summed E-state index contributed by atoms with van der Waals surface area (Å²) in [5.41, 5.74) is -0.347. The van der Waals surface area contributed by atoms with Gasteiger partial charge in [0.15, 0.2) is 0 Å². The molecule has 172 valence electrons. The fourth-order valence-electron chi connectivity index (χ4n) is 3.50. The van der Waals surface area contributed by atoms with E-state index in [9.17, 15) is 14.4 Å². The summed E-state index contributed by atoms with van der Waals surface area (Å²) in [4.78, 5) is 40.1. The summed E-state index contributed by atoms with van der Waals surface area (Å²) in [5.74, 6) is -0.491. The minimum atomic E-state index is -0.816. The number of benzene rings is 1. The van der Waals surface area contributed by atoms with Gasteiger partial charge < -0.3 is 20.3 Å². The van der Waals surface area contributed by atoms with Gasteiger partial charge in [-0.3, -0.25) is 9.59 Å². The summed E-state index contributed by atoms with van der Waals surface area (Å²) in [6.07, 6.45) is 0.655. The third-order valence-corrected chi connectivity index (χ3v) is 5.20. The van der Waals surface area contributed by atoms with Crippen molar-refractivity contribution in [2.75, 3.05) is 6.54 Å². The van der Waals surface area contributed by atoms with Gasteiger partial charge in [0, 0.05) is 18.1 Å². The molecule has 1 aromatic rings. The lowest BCUT2D eigenvalue weighted by atomic mass is 9.85. The number of alkyl carbamates (subject to hydrolysis) is 1. The van der Waals surface area contributed by atoms with Gasteiger partial charge in [0.25, 0.3) is 0 Å². The van der Waals surface area contributed by atoms with E-state index in [0.717, 1.165) is 12.0 Å². The Labute approximate surface area is 189 Å². The van der Waals surface area contributed by atoms with Gasteiger partial charge in [0.1, 0.15) is 17.7 Å². The van der Waals surface area contributed by atoms with Gasteiger partial charge in [-0.2, -0.15) is 0 Å². The maximum atomic E-state index is 13.4. The number of nitrogens with one attached hydrogen (secondary N) is 2. The van der Waals surface area contributed by atoms with Crippen molar-refractivity contribution in [3.8, 4) is 0 Å². The van der Waals surface area contributed by atoms with E-state index in [-0.39, 0.29) is 11.8 Å². The zero-order valence-corrected chi connectivity index (χ0v) is 20.0. The first kappa shape index (κ1) is 25.0. The Morgan fingerprint density at radius 2 is 1.87 bits per heavy atom. The fourth-order valence-corrected chi connectivity index (χ4v) is 3.71. The summed E-state index contributed by atoms with van der Waals surface area (Å²) >= 11 is 6.00. The highest BCUT2D eigenvalue weighted by atomic mass is 35.5. The summed E-state index contributed by atoms with van der Waals surface area (Å²) in [7, 11) is 0. The van der Waals surface area contributed by atoms with Crippen molar-refractivity contribution in [2.45, 2.75) is 78.6 Å². The normalized spacial score (nSPS) is 17.8. The van der Waals surface area contributed by atoms with Crippen molar-refractivity contribution in [3.63, 3.8) is 0 Å². The van der Waals surface area contributed by atoms with Crippen LogP contribution in [-0.2, 0) is 20.9 Å². The van der Waals surface area contributed by atoms with Crippen molar-refractivity contribution in [2.24, 2.45) is 5.41 Å². The molecule has 3 amide bonds. The van der Waals surface area contributed by atoms with E-state index in [0.29, 0.717) is 24.5 Å².